The Labute approximate surface area is 111 Å². The van der Waals surface area contributed by atoms with Crippen molar-refractivity contribution in [2.24, 2.45) is 5.92 Å². The minimum Gasteiger partial charge on any atom is -0.368 e. The first-order valence-corrected chi connectivity index (χ1v) is 6.87. The van der Waals surface area contributed by atoms with E-state index in [9.17, 15) is 5.26 Å². The van der Waals surface area contributed by atoms with E-state index < -0.39 is 0 Å². The molecule has 0 aromatic heterocycles. The standard InChI is InChI=1S/C14H17BrN2/c1-10-5-6-17(11(2)7-10)14-8-13(15)4-3-12(14)9-16/h3-4,8,10-11H,5-7H2,1-2H3. The van der Waals surface area contributed by atoms with Gasteiger partial charge in [0.05, 0.1) is 11.3 Å². The van der Waals surface area contributed by atoms with Gasteiger partial charge in [-0.3, -0.25) is 0 Å². The van der Waals surface area contributed by atoms with Gasteiger partial charge < -0.3 is 4.90 Å². The fourth-order valence-corrected chi connectivity index (χ4v) is 2.95. The maximum absolute atomic E-state index is 9.19. The van der Waals surface area contributed by atoms with Crippen LogP contribution in [0.3, 0.4) is 0 Å². The minimum atomic E-state index is 0.514. The van der Waals surface area contributed by atoms with Crippen LogP contribution in [0, 0.1) is 17.2 Å². The van der Waals surface area contributed by atoms with Crippen LogP contribution in [-0.2, 0) is 0 Å². The lowest BCUT2D eigenvalue weighted by molar-refractivity contribution is 0.378. The topological polar surface area (TPSA) is 27.0 Å². The van der Waals surface area contributed by atoms with Gasteiger partial charge >= 0.3 is 0 Å². The van der Waals surface area contributed by atoms with Crippen LogP contribution in [0.15, 0.2) is 22.7 Å². The Morgan fingerprint density at radius 3 is 2.82 bits per heavy atom. The molecule has 90 valence electrons. The van der Waals surface area contributed by atoms with Crippen molar-refractivity contribution in [2.75, 3.05) is 11.4 Å². The third kappa shape index (κ3) is 2.63. The molecule has 1 aliphatic rings. The fraction of sp³-hybridized carbons (Fsp3) is 0.500. The van der Waals surface area contributed by atoms with E-state index in [0.29, 0.717) is 6.04 Å². The largest absolute Gasteiger partial charge is 0.368 e. The summed E-state index contributed by atoms with van der Waals surface area (Å²) in [5, 5.41) is 9.19. The second-order valence-corrected chi connectivity index (χ2v) is 5.86. The van der Waals surface area contributed by atoms with E-state index >= 15 is 0 Å². The second-order valence-electron chi connectivity index (χ2n) is 4.95. The van der Waals surface area contributed by atoms with Crippen LogP contribution in [-0.4, -0.2) is 12.6 Å². The number of benzene rings is 1. The van der Waals surface area contributed by atoms with Crippen LogP contribution in [0.2, 0.25) is 0 Å². The number of halogens is 1. The predicted octanol–water partition coefficient (Wildman–Crippen LogP) is 3.95. The summed E-state index contributed by atoms with van der Waals surface area (Å²) in [4.78, 5) is 2.36. The van der Waals surface area contributed by atoms with Crippen molar-refractivity contribution < 1.29 is 0 Å². The van der Waals surface area contributed by atoms with E-state index in [0.717, 1.165) is 28.2 Å². The number of rotatable bonds is 1. The van der Waals surface area contributed by atoms with Crippen molar-refractivity contribution in [3.8, 4) is 6.07 Å². The highest BCUT2D eigenvalue weighted by molar-refractivity contribution is 9.10. The third-order valence-corrected chi connectivity index (χ3v) is 4.02. The minimum absolute atomic E-state index is 0.514. The molecular weight excluding hydrogens is 276 g/mol. The summed E-state index contributed by atoms with van der Waals surface area (Å²) < 4.78 is 1.04. The number of hydrogen-bond donors (Lipinski definition) is 0. The van der Waals surface area contributed by atoms with Crippen LogP contribution in [0.1, 0.15) is 32.3 Å². The highest BCUT2D eigenvalue weighted by atomic mass is 79.9. The lowest BCUT2D eigenvalue weighted by Gasteiger charge is -2.38. The molecule has 17 heavy (non-hydrogen) atoms. The van der Waals surface area contributed by atoms with Gasteiger partial charge in [-0.05, 0) is 43.9 Å². The Hall–Kier alpha value is -1.01. The van der Waals surface area contributed by atoms with Gasteiger partial charge in [-0.15, -0.1) is 0 Å². The van der Waals surface area contributed by atoms with Crippen molar-refractivity contribution >= 4 is 21.6 Å². The molecule has 0 N–H and O–H groups in total. The maximum atomic E-state index is 9.19. The maximum Gasteiger partial charge on any atom is 0.101 e. The summed E-state index contributed by atoms with van der Waals surface area (Å²) >= 11 is 3.49. The van der Waals surface area contributed by atoms with Crippen molar-refractivity contribution in [3.63, 3.8) is 0 Å². The normalized spacial score (nSPS) is 24.5. The molecule has 2 unspecified atom stereocenters. The quantitative estimate of drug-likeness (QED) is 0.784. The highest BCUT2D eigenvalue weighted by Crippen LogP contribution is 2.31. The molecule has 0 saturated carbocycles. The zero-order valence-electron chi connectivity index (χ0n) is 10.3. The number of nitriles is 1. The molecule has 1 aromatic carbocycles. The lowest BCUT2D eigenvalue weighted by Crippen LogP contribution is -2.40. The molecule has 0 spiro atoms. The van der Waals surface area contributed by atoms with Gasteiger partial charge in [0.1, 0.15) is 6.07 Å². The zero-order chi connectivity index (χ0) is 12.4. The molecule has 0 radical (unpaired) electrons. The molecule has 1 heterocycles. The smallest absolute Gasteiger partial charge is 0.101 e. The first kappa shape index (κ1) is 12.4. The Balaban J connectivity index is 2.33. The molecule has 1 aromatic rings. The molecule has 2 atom stereocenters. The number of hydrogen-bond acceptors (Lipinski definition) is 2. The Kier molecular flexibility index (Phi) is 3.73. The van der Waals surface area contributed by atoms with Gasteiger partial charge in [0.15, 0.2) is 0 Å². The van der Waals surface area contributed by atoms with Gasteiger partial charge in [-0.1, -0.05) is 22.9 Å². The van der Waals surface area contributed by atoms with Crippen molar-refractivity contribution in [1.82, 2.24) is 0 Å². The summed E-state index contributed by atoms with van der Waals surface area (Å²) in [6, 6.07) is 8.69. The summed E-state index contributed by atoms with van der Waals surface area (Å²) in [7, 11) is 0. The van der Waals surface area contributed by atoms with Crippen molar-refractivity contribution in [1.29, 1.82) is 5.26 Å². The van der Waals surface area contributed by atoms with Crippen LogP contribution in [0.5, 0.6) is 0 Å². The van der Waals surface area contributed by atoms with Crippen molar-refractivity contribution in [2.45, 2.75) is 32.7 Å². The van der Waals surface area contributed by atoms with E-state index in [2.05, 4.69) is 46.8 Å². The lowest BCUT2D eigenvalue weighted by atomic mass is 9.92. The number of nitrogens with zero attached hydrogens (tertiary/aromatic N) is 2. The molecule has 0 amide bonds. The number of anilines is 1. The van der Waals surface area contributed by atoms with Crippen LogP contribution in [0.25, 0.3) is 0 Å². The molecule has 2 nitrogen and oxygen atoms in total. The van der Waals surface area contributed by atoms with Crippen LogP contribution in [0.4, 0.5) is 5.69 Å². The van der Waals surface area contributed by atoms with Gasteiger partial charge in [-0.25, -0.2) is 0 Å². The molecule has 0 aliphatic carbocycles. The Bertz CT molecular complexity index is 450. The molecule has 1 saturated heterocycles. The molecule has 3 heteroatoms. The fourth-order valence-electron chi connectivity index (χ4n) is 2.60. The van der Waals surface area contributed by atoms with E-state index in [1.54, 1.807) is 0 Å². The highest BCUT2D eigenvalue weighted by Gasteiger charge is 2.24. The third-order valence-electron chi connectivity index (χ3n) is 3.53. The van der Waals surface area contributed by atoms with E-state index in [4.69, 9.17) is 0 Å². The number of piperidine rings is 1. The van der Waals surface area contributed by atoms with Crippen LogP contribution < -0.4 is 4.90 Å². The summed E-state index contributed by atoms with van der Waals surface area (Å²) in [5.74, 6) is 0.791. The predicted molar refractivity (Wildman–Crippen MR) is 74.1 cm³/mol. The van der Waals surface area contributed by atoms with E-state index in [1.807, 2.05) is 12.1 Å². The zero-order valence-corrected chi connectivity index (χ0v) is 11.9. The first-order valence-electron chi connectivity index (χ1n) is 6.08. The summed E-state index contributed by atoms with van der Waals surface area (Å²) in [5.41, 5.74) is 1.84. The van der Waals surface area contributed by atoms with Crippen molar-refractivity contribution in [3.05, 3.63) is 28.2 Å². The summed E-state index contributed by atoms with van der Waals surface area (Å²) in [6.45, 7) is 5.60. The molecular formula is C14H17BrN2. The molecule has 1 fully saturated rings. The molecule has 1 aliphatic heterocycles. The van der Waals surface area contributed by atoms with Gasteiger partial charge in [0, 0.05) is 17.1 Å². The van der Waals surface area contributed by atoms with Crippen LogP contribution >= 0.6 is 15.9 Å². The Morgan fingerprint density at radius 2 is 2.18 bits per heavy atom. The Morgan fingerprint density at radius 1 is 1.41 bits per heavy atom. The average molecular weight is 293 g/mol. The first-order chi connectivity index (χ1) is 8.11. The monoisotopic (exact) mass is 292 g/mol. The van der Waals surface area contributed by atoms with E-state index in [1.165, 1.54) is 12.8 Å². The van der Waals surface area contributed by atoms with Gasteiger partial charge in [0.2, 0.25) is 0 Å². The van der Waals surface area contributed by atoms with Gasteiger partial charge in [0.25, 0.3) is 0 Å². The van der Waals surface area contributed by atoms with E-state index in [-0.39, 0.29) is 0 Å². The molecule has 2 rings (SSSR count). The second kappa shape index (κ2) is 5.10. The summed E-state index contributed by atoms with van der Waals surface area (Å²) in [6.07, 6.45) is 2.42. The molecule has 0 bridgehead atoms. The SMILES string of the molecule is CC1CCN(c2cc(Br)ccc2C#N)C(C)C1. The van der Waals surface area contributed by atoms with Gasteiger partial charge in [-0.2, -0.15) is 5.26 Å². The average Bonchev–Trinajstić information content (AvgIpc) is 2.29.